The van der Waals surface area contributed by atoms with E-state index in [4.69, 9.17) is 4.74 Å². The van der Waals surface area contributed by atoms with Gasteiger partial charge in [0.25, 0.3) is 11.8 Å². The highest BCUT2D eigenvalue weighted by atomic mass is 16.5. The topological polar surface area (TPSA) is 105 Å². The molecule has 1 aliphatic rings. The Morgan fingerprint density at radius 2 is 1.61 bits per heavy atom. The first-order chi connectivity index (χ1) is 12.9. The van der Waals surface area contributed by atoms with Gasteiger partial charge in [-0.25, -0.2) is 0 Å². The lowest BCUT2D eigenvalue weighted by Crippen LogP contribution is -2.48. The van der Waals surface area contributed by atoms with Crippen LogP contribution in [0.25, 0.3) is 0 Å². The van der Waals surface area contributed by atoms with Crippen LogP contribution in [-0.2, 0) is 23.9 Å². The maximum atomic E-state index is 11.9. The summed E-state index contributed by atoms with van der Waals surface area (Å²) in [6.07, 6.45) is 3.04. The third-order valence-corrected chi connectivity index (χ3v) is 3.85. The Bertz CT molecular complexity index is 579. The van der Waals surface area contributed by atoms with Crippen LogP contribution < -0.4 is 10.6 Å². The number of ether oxygens (including phenoxy) is 1. The molecule has 1 aliphatic heterocycles. The van der Waals surface area contributed by atoms with Crippen LogP contribution in [0.15, 0.2) is 12.2 Å². The van der Waals surface area contributed by atoms with Crippen molar-refractivity contribution < 1.29 is 23.9 Å². The van der Waals surface area contributed by atoms with Gasteiger partial charge in [0.05, 0.1) is 17.7 Å². The third kappa shape index (κ3) is 10.2. The van der Waals surface area contributed by atoms with Gasteiger partial charge in [-0.3, -0.25) is 24.1 Å². The molecule has 4 amide bonds. The predicted octanol–water partition coefficient (Wildman–Crippen LogP) is 1.54. The minimum atomic E-state index is -0.478. The molecule has 0 saturated carbocycles. The molecule has 0 saturated heterocycles. The zero-order valence-corrected chi connectivity index (χ0v) is 18.2. The van der Waals surface area contributed by atoms with Crippen LogP contribution in [0.4, 0.5) is 0 Å². The minimum Gasteiger partial charge on any atom is -0.373 e. The lowest BCUT2D eigenvalue weighted by Gasteiger charge is -2.32. The molecule has 0 spiro atoms. The Labute approximate surface area is 168 Å². The molecule has 1 rings (SSSR count). The summed E-state index contributed by atoms with van der Waals surface area (Å²) >= 11 is 0. The van der Waals surface area contributed by atoms with Crippen LogP contribution in [0.1, 0.15) is 61.3 Å². The number of rotatable bonds is 10. The number of carbonyl (C=O) groups excluding carboxylic acids is 4. The van der Waals surface area contributed by atoms with Gasteiger partial charge in [0.15, 0.2) is 0 Å². The molecular weight excluding hydrogens is 362 g/mol. The van der Waals surface area contributed by atoms with Crippen LogP contribution in [-0.4, -0.2) is 59.4 Å². The summed E-state index contributed by atoms with van der Waals surface area (Å²) in [7, 11) is 0. The van der Waals surface area contributed by atoms with Crippen molar-refractivity contribution in [1.82, 2.24) is 15.5 Å². The van der Waals surface area contributed by atoms with E-state index >= 15 is 0 Å². The number of imide groups is 1. The summed E-state index contributed by atoms with van der Waals surface area (Å²) in [5, 5.41) is 5.58. The minimum absolute atomic E-state index is 0.0655. The molecule has 28 heavy (non-hydrogen) atoms. The maximum absolute atomic E-state index is 11.9. The molecule has 0 aromatic heterocycles. The lowest BCUT2D eigenvalue weighted by molar-refractivity contribution is -0.137. The van der Waals surface area contributed by atoms with Crippen LogP contribution >= 0.6 is 0 Å². The number of nitrogens with zero attached hydrogens (tertiary/aromatic N) is 1. The number of hydrogen-bond acceptors (Lipinski definition) is 5. The van der Waals surface area contributed by atoms with Gasteiger partial charge in [-0.05, 0) is 34.1 Å². The quantitative estimate of drug-likeness (QED) is 0.544. The average Bonchev–Trinajstić information content (AvgIpc) is 2.90. The third-order valence-electron chi connectivity index (χ3n) is 3.85. The number of nitrogens with one attached hydrogen (secondary N) is 2. The summed E-state index contributed by atoms with van der Waals surface area (Å²) < 4.78 is 5.87. The van der Waals surface area contributed by atoms with Gasteiger partial charge in [-0.1, -0.05) is 13.8 Å². The van der Waals surface area contributed by atoms with E-state index in [2.05, 4.69) is 10.6 Å². The van der Waals surface area contributed by atoms with Crippen molar-refractivity contribution in [2.45, 2.75) is 72.4 Å². The fourth-order valence-corrected chi connectivity index (χ4v) is 2.42. The van der Waals surface area contributed by atoms with Crippen molar-refractivity contribution in [3.63, 3.8) is 0 Å². The van der Waals surface area contributed by atoms with Gasteiger partial charge >= 0.3 is 0 Å². The standard InChI is InChI=1S/C18H29N3O5.C2H6/c1-13(22)20-17(2,3)12-26-18(4,5)9-10-19-14(23)8-11-21-15(24)6-7-16(21)25;1-2/h6-7H,8-12H2,1-5H3,(H,19,23)(H,20,22);1-2H3. The molecule has 8 nitrogen and oxygen atoms in total. The molecule has 160 valence electrons. The molecule has 0 aromatic rings. The van der Waals surface area contributed by atoms with Gasteiger partial charge in [-0.15, -0.1) is 0 Å². The van der Waals surface area contributed by atoms with E-state index in [0.29, 0.717) is 19.6 Å². The fraction of sp³-hybridized carbons (Fsp3) is 0.700. The summed E-state index contributed by atoms with van der Waals surface area (Å²) in [5.41, 5.74) is -0.955. The zero-order valence-electron chi connectivity index (χ0n) is 18.2. The molecule has 0 aliphatic carbocycles. The number of amides is 4. The average molecular weight is 398 g/mol. The highest BCUT2D eigenvalue weighted by Gasteiger charge is 2.26. The molecule has 0 bridgehead atoms. The summed E-state index contributed by atoms with van der Waals surface area (Å²) in [4.78, 5) is 46.9. The molecule has 0 unspecified atom stereocenters. The molecule has 1 heterocycles. The number of carbonyl (C=O) groups is 4. The molecule has 0 aromatic carbocycles. The SMILES string of the molecule is CC.CC(=O)NC(C)(C)COC(C)(C)CCNC(=O)CCN1C(=O)C=CC1=O. The molecule has 0 radical (unpaired) electrons. The van der Waals surface area contributed by atoms with Gasteiger partial charge in [0.2, 0.25) is 11.8 Å². The first-order valence-corrected chi connectivity index (χ1v) is 9.65. The molecular formula is C20H35N3O5. The highest BCUT2D eigenvalue weighted by Crippen LogP contribution is 2.17. The second-order valence-electron chi connectivity index (χ2n) is 7.62. The Morgan fingerprint density at radius 1 is 1.07 bits per heavy atom. The van der Waals surface area contributed by atoms with Crippen LogP contribution in [0.5, 0.6) is 0 Å². The Kier molecular flexibility index (Phi) is 10.7. The molecule has 0 atom stereocenters. The van der Waals surface area contributed by atoms with E-state index in [1.807, 2.05) is 41.5 Å². The fourth-order valence-electron chi connectivity index (χ4n) is 2.42. The maximum Gasteiger partial charge on any atom is 0.253 e. The van der Waals surface area contributed by atoms with Gasteiger partial charge in [0, 0.05) is 38.6 Å². The van der Waals surface area contributed by atoms with Crippen molar-refractivity contribution in [2.24, 2.45) is 0 Å². The summed E-state index contributed by atoms with van der Waals surface area (Å²) in [6.45, 7) is 13.9. The zero-order chi connectivity index (χ0) is 22.0. The van der Waals surface area contributed by atoms with Gasteiger partial charge < -0.3 is 15.4 Å². The lowest BCUT2D eigenvalue weighted by atomic mass is 10.0. The van der Waals surface area contributed by atoms with Crippen molar-refractivity contribution in [1.29, 1.82) is 0 Å². The van der Waals surface area contributed by atoms with Crippen LogP contribution in [0, 0.1) is 0 Å². The summed E-state index contributed by atoms with van der Waals surface area (Å²) in [6, 6.07) is 0. The molecule has 8 heteroatoms. The second-order valence-corrected chi connectivity index (χ2v) is 7.62. The van der Waals surface area contributed by atoms with Crippen molar-refractivity contribution in [3.8, 4) is 0 Å². The van der Waals surface area contributed by atoms with E-state index in [9.17, 15) is 19.2 Å². The monoisotopic (exact) mass is 397 g/mol. The smallest absolute Gasteiger partial charge is 0.253 e. The van der Waals surface area contributed by atoms with E-state index in [1.165, 1.54) is 19.1 Å². The normalized spacial score (nSPS) is 13.9. The Morgan fingerprint density at radius 3 is 2.11 bits per heavy atom. The van der Waals surface area contributed by atoms with Crippen molar-refractivity contribution in [3.05, 3.63) is 12.2 Å². The molecule has 0 fully saturated rings. The molecule has 2 N–H and O–H groups in total. The first kappa shape index (κ1) is 25.8. The van der Waals surface area contributed by atoms with Crippen molar-refractivity contribution in [2.75, 3.05) is 19.7 Å². The van der Waals surface area contributed by atoms with E-state index < -0.39 is 11.1 Å². The van der Waals surface area contributed by atoms with E-state index in [1.54, 1.807) is 0 Å². The van der Waals surface area contributed by atoms with Crippen LogP contribution in [0.2, 0.25) is 0 Å². The van der Waals surface area contributed by atoms with Gasteiger partial charge in [-0.2, -0.15) is 0 Å². The first-order valence-electron chi connectivity index (χ1n) is 9.65. The Balaban J connectivity index is 0.00000352. The largest absolute Gasteiger partial charge is 0.373 e. The predicted molar refractivity (Wildman–Crippen MR) is 107 cm³/mol. The van der Waals surface area contributed by atoms with E-state index in [-0.39, 0.29) is 36.6 Å². The second kappa shape index (κ2) is 11.6. The Hall–Kier alpha value is -2.22. The van der Waals surface area contributed by atoms with Gasteiger partial charge in [0.1, 0.15) is 0 Å². The highest BCUT2D eigenvalue weighted by molar-refractivity contribution is 6.13. The van der Waals surface area contributed by atoms with Crippen LogP contribution in [0.3, 0.4) is 0 Å². The van der Waals surface area contributed by atoms with E-state index in [0.717, 1.165) is 4.90 Å². The summed E-state index contributed by atoms with van der Waals surface area (Å²) in [5.74, 6) is -1.13. The number of hydrogen-bond donors (Lipinski definition) is 2. The van der Waals surface area contributed by atoms with Crippen molar-refractivity contribution >= 4 is 23.6 Å².